The van der Waals surface area contributed by atoms with Crippen LogP contribution in [0.4, 0.5) is 5.69 Å². The highest BCUT2D eigenvalue weighted by Crippen LogP contribution is 2.31. The molecule has 2 aliphatic rings. The first-order valence-electron chi connectivity index (χ1n) is 12.4. The first-order chi connectivity index (χ1) is 16.4. The molecule has 0 spiro atoms. The number of hydrogen-bond acceptors (Lipinski definition) is 6. The molecule has 0 aromatic heterocycles. The van der Waals surface area contributed by atoms with Crippen LogP contribution in [0.3, 0.4) is 0 Å². The van der Waals surface area contributed by atoms with Crippen molar-refractivity contribution in [3.63, 3.8) is 0 Å². The van der Waals surface area contributed by atoms with Crippen molar-refractivity contribution in [2.45, 2.75) is 64.7 Å². The Bertz CT molecular complexity index is 959. The number of carbonyl (C=O) groups excluding carboxylic acids is 4. The fraction of sp³-hybridized carbons (Fsp3) is 0.615. The molecule has 9 nitrogen and oxygen atoms in total. The molecule has 3 rings (SSSR count). The molecule has 2 saturated heterocycles. The molecule has 2 heterocycles. The molecule has 0 aliphatic carbocycles. The number of nitrogens with two attached hydrogens (primary N) is 1. The minimum absolute atomic E-state index is 0.0300. The van der Waals surface area contributed by atoms with Gasteiger partial charge in [-0.2, -0.15) is 0 Å². The number of nitrogens with zero attached hydrogens (tertiary/aromatic N) is 3. The second kappa shape index (κ2) is 10.8. The summed E-state index contributed by atoms with van der Waals surface area (Å²) in [6.07, 6.45) is 0.969. The zero-order valence-electron chi connectivity index (χ0n) is 21.7. The molecular formula is C26H39N5O4. The molecule has 3 amide bonds. The third-order valence-electron chi connectivity index (χ3n) is 6.95. The highest BCUT2D eigenvalue weighted by atomic mass is 16.2. The Balaban J connectivity index is 1.76. The van der Waals surface area contributed by atoms with Crippen LogP contribution < -0.4 is 16.0 Å². The number of ketones is 1. The number of hydrogen-bond donors (Lipinski definition) is 2. The lowest BCUT2D eigenvalue weighted by molar-refractivity contribution is -0.138. The zero-order valence-corrected chi connectivity index (χ0v) is 21.7. The maximum Gasteiger partial charge on any atom is 0.251 e. The summed E-state index contributed by atoms with van der Waals surface area (Å²) in [5.41, 5.74) is 7.50. The van der Waals surface area contributed by atoms with Crippen molar-refractivity contribution in [2.75, 3.05) is 32.1 Å². The van der Waals surface area contributed by atoms with E-state index in [0.29, 0.717) is 24.9 Å². The van der Waals surface area contributed by atoms with Crippen molar-refractivity contribution in [3.8, 4) is 0 Å². The van der Waals surface area contributed by atoms with Crippen LogP contribution in [0.15, 0.2) is 24.3 Å². The van der Waals surface area contributed by atoms with E-state index in [9.17, 15) is 19.2 Å². The first-order valence-corrected chi connectivity index (χ1v) is 12.4. The lowest BCUT2D eigenvalue weighted by Crippen LogP contribution is -2.53. The largest absolute Gasteiger partial charge is 0.378 e. The number of Topliss-reactive ketones (excluding diaryl/α,β-unsaturated/α-hetero) is 1. The van der Waals surface area contributed by atoms with Crippen LogP contribution in [0.2, 0.25) is 0 Å². The van der Waals surface area contributed by atoms with Crippen molar-refractivity contribution in [1.29, 1.82) is 0 Å². The van der Waals surface area contributed by atoms with Gasteiger partial charge in [0.1, 0.15) is 12.1 Å². The topological polar surface area (TPSA) is 116 Å². The molecule has 1 unspecified atom stereocenters. The smallest absolute Gasteiger partial charge is 0.251 e. The average molecular weight is 486 g/mol. The Hall–Kier alpha value is -2.94. The molecule has 1 aromatic rings. The van der Waals surface area contributed by atoms with Crippen LogP contribution in [0.1, 0.15) is 50.9 Å². The van der Waals surface area contributed by atoms with E-state index in [4.69, 9.17) is 5.73 Å². The summed E-state index contributed by atoms with van der Waals surface area (Å²) in [4.78, 5) is 57.5. The van der Waals surface area contributed by atoms with Gasteiger partial charge in [0, 0.05) is 31.9 Å². The number of likely N-dealkylation sites (tertiary alicyclic amines) is 2. The van der Waals surface area contributed by atoms with Crippen LogP contribution in [0, 0.1) is 11.8 Å². The lowest BCUT2D eigenvalue weighted by atomic mass is 10.0. The predicted molar refractivity (Wildman–Crippen MR) is 135 cm³/mol. The summed E-state index contributed by atoms with van der Waals surface area (Å²) in [5, 5.41) is 2.90. The molecule has 0 bridgehead atoms. The molecule has 0 radical (unpaired) electrons. The van der Waals surface area contributed by atoms with Crippen LogP contribution in [-0.2, 0) is 14.4 Å². The van der Waals surface area contributed by atoms with Crippen molar-refractivity contribution >= 4 is 29.2 Å². The molecule has 4 atom stereocenters. The molecule has 2 aliphatic heterocycles. The monoisotopic (exact) mass is 485 g/mol. The number of amides is 3. The fourth-order valence-corrected chi connectivity index (χ4v) is 4.88. The van der Waals surface area contributed by atoms with E-state index < -0.39 is 18.1 Å². The summed E-state index contributed by atoms with van der Waals surface area (Å²) in [7, 11) is 3.84. The van der Waals surface area contributed by atoms with Gasteiger partial charge >= 0.3 is 0 Å². The summed E-state index contributed by atoms with van der Waals surface area (Å²) in [6, 6.07) is 4.68. The maximum absolute atomic E-state index is 13.6. The fourth-order valence-electron chi connectivity index (χ4n) is 4.88. The summed E-state index contributed by atoms with van der Waals surface area (Å²) in [5.74, 6) is -0.904. The summed E-state index contributed by atoms with van der Waals surface area (Å²) in [6.45, 7) is 8.05. The van der Waals surface area contributed by atoms with Crippen molar-refractivity contribution in [1.82, 2.24) is 15.1 Å². The van der Waals surface area contributed by atoms with Crippen molar-refractivity contribution < 1.29 is 19.2 Å². The van der Waals surface area contributed by atoms with Crippen molar-refractivity contribution in [2.24, 2.45) is 17.6 Å². The molecule has 35 heavy (non-hydrogen) atoms. The zero-order chi connectivity index (χ0) is 26.0. The van der Waals surface area contributed by atoms with E-state index in [2.05, 4.69) is 5.32 Å². The van der Waals surface area contributed by atoms with Gasteiger partial charge in [-0.25, -0.2) is 0 Å². The van der Waals surface area contributed by atoms with Gasteiger partial charge in [0.25, 0.3) is 5.91 Å². The minimum Gasteiger partial charge on any atom is -0.378 e. The normalized spacial score (nSPS) is 21.3. The standard InChI is InChI=1S/C26H39N5O4/c1-15(2)13-19(28-24(33)17-7-9-18(10-8-17)29(5)6)25(34)30-12-11-20-23(30)21(32)14-31(20)26(35)22(27)16(3)4/h7-10,15-16,19-20,22-23H,11-14,27H2,1-6H3,(H,28,33)/t19-,20?,22-,23-/m0/s1. The first kappa shape index (κ1) is 26.7. The lowest BCUT2D eigenvalue weighted by Gasteiger charge is -2.29. The molecule has 1 aromatic carbocycles. The van der Waals surface area contributed by atoms with Gasteiger partial charge in [-0.05, 0) is 48.9 Å². The Labute approximate surface area is 208 Å². The highest BCUT2D eigenvalue weighted by molar-refractivity contribution is 6.01. The van der Waals surface area contributed by atoms with Crippen LogP contribution in [-0.4, -0.2) is 84.7 Å². The second-order valence-corrected chi connectivity index (χ2v) is 10.6. The van der Waals surface area contributed by atoms with Gasteiger partial charge in [-0.1, -0.05) is 27.7 Å². The van der Waals surface area contributed by atoms with E-state index in [1.54, 1.807) is 21.9 Å². The Morgan fingerprint density at radius 3 is 2.23 bits per heavy atom. The van der Waals surface area contributed by atoms with E-state index >= 15 is 0 Å². The number of rotatable bonds is 8. The quantitative estimate of drug-likeness (QED) is 0.573. The summed E-state index contributed by atoms with van der Waals surface area (Å²) < 4.78 is 0. The number of benzene rings is 1. The molecule has 3 N–H and O–H groups in total. The van der Waals surface area contributed by atoms with Gasteiger partial charge in [0.2, 0.25) is 11.8 Å². The predicted octanol–water partition coefficient (Wildman–Crippen LogP) is 1.26. The van der Waals surface area contributed by atoms with Gasteiger partial charge in [0.15, 0.2) is 5.78 Å². The van der Waals surface area contributed by atoms with Crippen LogP contribution >= 0.6 is 0 Å². The van der Waals surface area contributed by atoms with E-state index in [0.717, 1.165) is 5.69 Å². The third-order valence-corrected chi connectivity index (χ3v) is 6.95. The molecule has 9 heteroatoms. The summed E-state index contributed by atoms with van der Waals surface area (Å²) >= 11 is 0. The molecule has 2 fully saturated rings. The van der Waals surface area contributed by atoms with Crippen LogP contribution in [0.5, 0.6) is 0 Å². The Morgan fingerprint density at radius 2 is 1.69 bits per heavy atom. The van der Waals surface area contributed by atoms with Gasteiger partial charge in [-0.3, -0.25) is 19.2 Å². The maximum atomic E-state index is 13.6. The highest BCUT2D eigenvalue weighted by Gasteiger charge is 2.52. The van der Waals surface area contributed by atoms with E-state index in [1.807, 2.05) is 58.8 Å². The number of anilines is 1. The SMILES string of the molecule is CC(C)C[C@H](NC(=O)c1ccc(N(C)C)cc1)C(=O)N1CCC2[C@H]1C(=O)CN2C(=O)[C@@H](N)C(C)C. The average Bonchev–Trinajstić information content (AvgIpc) is 3.38. The second-order valence-electron chi connectivity index (χ2n) is 10.6. The third kappa shape index (κ3) is 5.66. The minimum atomic E-state index is -0.759. The number of fused-ring (bicyclic) bond motifs is 1. The molecule has 0 saturated carbocycles. The van der Waals surface area contributed by atoms with E-state index in [-0.39, 0.29) is 47.9 Å². The van der Waals surface area contributed by atoms with Gasteiger partial charge in [0.05, 0.1) is 18.6 Å². The van der Waals surface area contributed by atoms with Gasteiger partial charge < -0.3 is 25.8 Å². The van der Waals surface area contributed by atoms with E-state index in [1.165, 1.54) is 0 Å². The molecule has 192 valence electrons. The van der Waals surface area contributed by atoms with Crippen LogP contribution in [0.25, 0.3) is 0 Å². The molecular weight excluding hydrogens is 446 g/mol. The number of nitrogens with one attached hydrogen (secondary N) is 1. The Kier molecular flexibility index (Phi) is 8.20. The van der Waals surface area contributed by atoms with Gasteiger partial charge in [-0.15, -0.1) is 0 Å². The van der Waals surface area contributed by atoms with Crippen molar-refractivity contribution in [3.05, 3.63) is 29.8 Å². The Morgan fingerprint density at radius 1 is 1.06 bits per heavy atom. The number of carbonyl (C=O) groups is 4.